The Morgan fingerprint density at radius 1 is 1.19 bits per heavy atom. The standard InChI is InChI=1S/C21H22N2O2S/c1-4-17-6-5-7-19(12-17)22-20(24)13-23(3)21(25)15-26-14-18-10-8-16(2)9-11-18/h1,5-12H,13-15H2,2-3H3,(H,22,24). The minimum atomic E-state index is -0.251. The van der Waals surface area contributed by atoms with E-state index in [-0.39, 0.29) is 18.4 Å². The maximum absolute atomic E-state index is 12.2. The summed E-state index contributed by atoms with van der Waals surface area (Å²) in [5, 5.41) is 2.75. The Kier molecular flexibility index (Phi) is 7.31. The number of aryl methyl sites for hydroxylation is 1. The minimum Gasteiger partial charge on any atom is -0.336 e. The van der Waals surface area contributed by atoms with Gasteiger partial charge in [-0.05, 0) is 30.7 Å². The van der Waals surface area contributed by atoms with E-state index in [1.807, 2.05) is 6.92 Å². The van der Waals surface area contributed by atoms with Crippen LogP contribution >= 0.6 is 11.8 Å². The van der Waals surface area contributed by atoms with Crippen LogP contribution in [0.3, 0.4) is 0 Å². The fourth-order valence-corrected chi connectivity index (χ4v) is 3.17. The van der Waals surface area contributed by atoms with Crippen LogP contribution in [0.2, 0.25) is 0 Å². The van der Waals surface area contributed by atoms with E-state index < -0.39 is 0 Å². The third-order valence-electron chi connectivity index (χ3n) is 3.73. The fraction of sp³-hybridized carbons (Fsp3) is 0.238. The van der Waals surface area contributed by atoms with Crippen molar-refractivity contribution >= 4 is 29.3 Å². The molecule has 0 saturated carbocycles. The van der Waals surface area contributed by atoms with E-state index >= 15 is 0 Å². The molecule has 0 bridgehead atoms. The number of amides is 2. The van der Waals surface area contributed by atoms with Crippen LogP contribution in [0.4, 0.5) is 5.69 Å². The lowest BCUT2D eigenvalue weighted by Crippen LogP contribution is -2.36. The van der Waals surface area contributed by atoms with Gasteiger partial charge < -0.3 is 10.2 Å². The van der Waals surface area contributed by atoms with Crippen molar-refractivity contribution < 1.29 is 9.59 Å². The van der Waals surface area contributed by atoms with Crippen LogP contribution in [0, 0.1) is 19.3 Å². The second kappa shape index (κ2) is 9.69. The van der Waals surface area contributed by atoms with Gasteiger partial charge in [0.1, 0.15) is 0 Å². The van der Waals surface area contributed by atoms with Crippen molar-refractivity contribution in [2.45, 2.75) is 12.7 Å². The summed E-state index contributed by atoms with van der Waals surface area (Å²) in [5.74, 6) is 3.30. The quantitative estimate of drug-likeness (QED) is 0.765. The fourth-order valence-electron chi connectivity index (χ4n) is 2.24. The molecule has 5 heteroatoms. The smallest absolute Gasteiger partial charge is 0.243 e. The molecule has 0 atom stereocenters. The number of nitrogens with one attached hydrogen (secondary N) is 1. The maximum Gasteiger partial charge on any atom is 0.243 e. The SMILES string of the molecule is C#Cc1cccc(NC(=O)CN(C)C(=O)CSCc2ccc(C)cc2)c1. The molecule has 0 fully saturated rings. The number of carbonyl (C=O) groups excluding carboxylic acids is 2. The van der Waals surface area contributed by atoms with E-state index in [2.05, 4.69) is 35.5 Å². The number of terminal acetylenes is 1. The van der Waals surface area contributed by atoms with E-state index in [1.54, 1.807) is 31.3 Å². The Balaban J connectivity index is 1.76. The summed E-state index contributed by atoms with van der Waals surface area (Å²) >= 11 is 1.54. The zero-order chi connectivity index (χ0) is 18.9. The van der Waals surface area contributed by atoms with Crippen molar-refractivity contribution in [2.75, 3.05) is 24.7 Å². The van der Waals surface area contributed by atoms with Crippen LogP contribution in [-0.4, -0.2) is 36.1 Å². The van der Waals surface area contributed by atoms with Gasteiger partial charge in [0.25, 0.3) is 0 Å². The van der Waals surface area contributed by atoms with E-state index in [0.717, 1.165) is 5.75 Å². The zero-order valence-electron chi connectivity index (χ0n) is 15.0. The van der Waals surface area contributed by atoms with Crippen LogP contribution in [0.15, 0.2) is 48.5 Å². The van der Waals surface area contributed by atoms with Gasteiger partial charge in [-0.2, -0.15) is 0 Å². The van der Waals surface area contributed by atoms with Gasteiger partial charge in [0.05, 0.1) is 12.3 Å². The Bertz CT molecular complexity index is 810. The molecule has 2 aromatic rings. The number of hydrogen-bond acceptors (Lipinski definition) is 3. The first-order chi connectivity index (χ1) is 12.5. The molecule has 0 aliphatic heterocycles. The lowest BCUT2D eigenvalue weighted by atomic mass is 10.2. The highest BCUT2D eigenvalue weighted by Crippen LogP contribution is 2.14. The molecule has 134 valence electrons. The molecule has 0 aliphatic rings. The van der Waals surface area contributed by atoms with Gasteiger partial charge in [-0.1, -0.05) is 41.8 Å². The molecule has 2 amide bonds. The number of rotatable bonds is 7. The monoisotopic (exact) mass is 366 g/mol. The van der Waals surface area contributed by atoms with Gasteiger partial charge in [-0.3, -0.25) is 9.59 Å². The maximum atomic E-state index is 12.2. The number of hydrogen-bond donors (Lipinski definition) is 1. The highest BCUT2D eigenvalue weighted by molar-refractivity contribution is 7.99. The molecule has 0 aliphatic carbocycles. The van der Waals surface area contributed by atoms with Gasteiger partial charge in [-0.15, -0.1) is 18.2 Å². The normalized spacial score (nSPS) is 10.0. The van der Waals surface area contributed by atoms with Crippen molar-refractivity contribution in [3.63, 3.8) is 0 Å². The molecule has 0 unspecified atom stereocenters. The Labute approximate surface area is 159 Å². The molecule has 0 radical (unpaired) electrons. The van der Waals surface area contributed by atoms with E-state index in [0.29, 0.717) is 17.0 Å². The third kappa shape index (κ3) is 6.30. The van der Waals surface area contributed by atoms with Crippen molar-refractivity contribution in [3.05, 3.63) is 65.2 Å². The predicted molar refractivity (Wildman–Crippen MR) is 108 cm³/mol. The molecule has 26 heavy (non-hydrogen) atoms. The first kappa shape index (κ1) is 19.6. The van der Waals surface area contributed by atoms with Gasteiger partial charge >= 0.3 is 0 Å². The van der Waals surface area contributed by atoms with Crippen LogP contribution < -0.4 is 5.32 Å². The summed E-state index contributed by atoms with van der Waals surface area (Å²) in [6, 6.07) is 15.3. The summed E-state index contributed by atoms with van der Waals surface area (Å²) in [6.45, 7) is 2.05. The van der Waals surface area contributed by atoms with Gasteiger partial charge in [0.2, 0.25) is 11.8 Å². The Hall–Kier alpha value is -2.71. The summed E-state index contributed by atoms with van der Waals surface area (Å²) in [6.07, 6.45) is 5.35. The molecule has 0 aromatic heterocycles. The average Bonchev–Trinajstić information content (AvgIpc) is 2.63. The summed E-state index contributed by atoms with van der Waals surface area (Å²) in [5.41, 5.74) is 3.72. The van der Waals surface area contributed by atoms with Gasteiger partial charge in [-0.25, -0.2) is 0 Å². The second-order valence-corrected chi connectivity index (χ2v) is 6.99. The highest BCUT2D eigenvalue weighted by Gasteiger charge is 2.13. The van der Waals surface area contributed by atoms with Crippen molar-refractivity contribution in [2.24, 2.45) is 0 Å². The van der Waals surface area contributed by atoms with Crippen LogP contribution in [0.5, 0.6) is 0 Å². The van der Waals surface area contributed by atoms with Crippen molar-refractivity contribution in [3.8, 4) is 12.3 Å². The topological polar surface area (TPSA) is 49.4 Å². The van der Waals surface area contributed by atoms with Gasteiger partial charge in [0, 0.05) is 24.1 Å². The number of anilines is 1. The van der Waals surface area contributed by atoms with Crippen LogP contribution in [-0.2, 0) is 15.3 Å². The van der Waals surface area contributed by atoms with E-state index in [9.17, 15) is 9.59 Å². The molecule has 4 nitrogen and oxygen atoms in total. The average molecular weight is 366 g/mol. The molecule has 0 spiro atoms. The molecule has 0 heterocycles. The first-order valence-corrected chi connectivity index (χ1v) is 9.37. The number of carbonyl (C=O) groups is 2. The Morgan fingerprint density at radius 2 is 1.92 bits per heavy atom. The number of thioether (sulfide) groups is 1. The molecule has 2 aromatic carbocycles. The predicted octanol–water partition coefficient (Wildman–Crippen LogP) is 3.31. The van der Waals surface area contributed by atoms with E-state index in [4.69, 9.17) is 6.42 Å². The largest absolute Gasteiger partial charge is 0.336 e. The van der Waals surface area contributed by atoms with Crippen molar-refractivity contribution in [1.29, 1.82) is 0 Å². The highest BCUT2D eigenvalue weighted by atomic mass is 32.2. The summed E-state index contributed by atoms with van der Waals surface area (Å²) in [7, 11) is 1.63. The third-order valence-corrected chi connectivity index (χ3v) is 4.72. The molecular weight excluding hydrogens is 344 g/mol. The molecule has 0 saturated heterocycles. The lowest BCUT2D eigenvalue weighted by Gasteiger charge is -2.16. The number of likely N-dealkylation sites (N-methyl/N-ethyl adjacent to an activating group) is 1. The summed E-state index contributed by atoms with van der Waals surface area (Å²) < 4.78 is 0. The summed E-state index contributed by atoms with van der Waals surface area (Å²) in [4.78, 5) is 25.7. The van der Waals surface area contributed by atoms with E-state index in [1.165, 1.54) is 27.8 Å². The number of benzene rings is 2. The first-order valence-electron chi connectivity index (χ1n) is 8.21. The second-order valence-electron chi connectivity index (χ2n) is 6.00. The number of nitrogens with zero attached hydrogens (tertiary/aromatic N) is 1. The lowest BCUT2D eigenvalue weighted by molar-refractivity contribution is -0.131. The van der Waals surface area contributed by atoms with Crippen LogP contribution in [0.1, 0.15) is 16.7 Å². The molecular formula is C21H22N2O2S. The van der Waals surface area contributed by atoms with Crippen LogP contribution in [0.25, 0.3) is 0 Å². The molecule has 2 rings (SSSR count). The minimum absolute atomic E-state index is 0.00417. The Morgan fingerprint density at radius 3 is 2.62 bits per heavy atom. The zero-order valence-corrected chi connectivity index (χ0v) is 15.8. The van der Waals surface area contributed by atoms with Crippen molar-refractivity contribution in [1.82, 2.24) is 4.90 Å². The van der Waals surface area contributed by atoms with Gasteiger partial charge in [0.15, 0.2) is 0 Å². The molecule has 1 N–H and O–H groups in total.